The predicted octanol–water partition coefficient (Wildman–Crippen LogP) is 0.426. The van der Waals surface area contributed by atoms with Crippen LogP contribution in [0.15, 0.2) is 12.7 Å². The van der Waals surface area contributed by atoms with Crippen molar-refractivity contribution in [3.63, 3.8) is 0 Å². The van der Waals surface area contributed by atoms with Gasteiger partial charge in [0.05, 0.1) is 0 Å². The molecule has 4 nitrogen and oxygen atoms in total. The van der Waals surface area contributed by atoms with Gasteiger partial charge in [0.25, 0.3) is 10.5 Å². The molecule has 0 aromatic carbocycles. The SMILES string of the molecule is C=CCNC(=O)S.NC(=O)S.[Te]. The number of thiol groups is 2. The Kier molecular flexibility index (Phi) is 20.7. The standard InChI is InChI=1S/C4H7NOS.CH3NOS.Te/c1-2-3-5-4(6)7;2-1(3)4;/h2H,1,3H2,(H2,5,6,7);(H3,2,3,4);. The van der Waals surface area contributed by atoms with E-state index in [1.54, 1.807) is 6.08 Å². The fourth-order valence-electron chi connectivity index (χ4n) is 0.159. The number of rotatable bonds is 2. The van der Waals surface area contributed by atoms with Crippen LogP contribution in [0.25, 0.3) is 0 Å². The molecule has 0 aliphatic carbocycles. The number of nitrogens with two attached hydrogens (primary N) is 1. The van der Waals surface area contributed by atoms with Crippen LogP contribution in [0.4, 0.5) is 9.59 Å². The zero-order valence-corrected chi connectivity index (χ0v) is 10.3. The van der Waals surface area contributed by atoms with Crippen LogP contribution in [0.1, 0.15) is 0 Å². The van der Waals surface area contributed by atoms with E-state index < -0.39 is 5.24 Å². The Morgan fingerprint density at radius 1 is 1.50 bits per heavy atom. The third kappa shape index (κ3) is 49.2. The van der Waals surface area contributed by atoms with E-state index in [2.05, 4.69) is 42.9 Å². The zero-order chi connectivity index (χ0) is 9.28. The summed E-state index contributed by atoms with van der Waals surface area (Å²) >= 11 is 6.54. The van der Waals surface area contributed by atoms with Crippen molar-refractivity contribution in [2.75, 3.05) is 6.54 Å². The molecule has 0 saturated carbocycles. The number of hydrogen-bond donors (Lipinski definition) is 4. The fourth-order valence-corrected chi connectivity index (χ4v) is 0.251. The summed E-state index contributed by atoms with van der Waals surface area (Å²) in [6, 6.07) is 0. The molecule has 0 aliphatic heterocycles. The van der Waals surface area contributed by atoms with Crippen molar-refractivity contribution in [1.82, 2.24) is 5.32 Å². The minimum absolute atomic E-state index is 0. The molecule has 0 unspecified atom stereocenters. The van der Waals surface area contributed by atoms with Crippen molar-refractivity contribution < 1.29 is 9.59 Å². The van der Waals surface area contributed by atoms with Crippen molar-refractivity contribution in [1.29, 1.82) is 0 Å². The van der Waals surface area contributed by atoms with Gasteiger partial charge in [-0.15, -0.1) is 6.58 Å². The van der Waals surface area contributed by atoms with Crippen LogP contribution < -0.4 is 11.1 Å². The number of amides is 2. The first kappa shape index (κ1) is 18.1. The fraction of sp³-hybridized carbons (Fsp3) is 0.200. The van der Waals surface area contributed by atoms with Gasteiger partial charge in [-0.05, 0) is 0 Å². The summed E-state index contributed by atoms with van der Waals surface area (Å²) in [7, 11) is 0. The maximum Gasteiger partial charge on any atom is 0.276 e. The van der Waals surface area contributed by atoms with Crippen LogP contribution in [-0.4, -0.2) is 40.7 Å². The maximum absolute atomic E-state index is 9.91. The van der Waals surface area contributed by atoms with Crippen molar-refractivity contribution in [2.24, 2.45) is 5.73 Å². The van der Waals surface area contributed by atoms with Gasteiger partial charge >= 0.3 is 0 Å². The van der Waals surface area contributed by atoms with Crippen molar-refractivity contribution in [2.45, 2.75) is 0 Å². The second-order valence-electron chi connectivity index (χ2n) is 1.31. The summed E-state index contributed by atoms with van der Waals surface area (Å²) in [4.78, 5) is 19.0. The summed E-state index contributed by atoms with van der Waals surface area (Å²) in [6.07, 6.45) is 1.59. The van der Waals surface area contributed by atoms with Gasteiger partial charge in [0, 0.05) is 30.2 Å². The van der Waals surface area contributed by atoms with Crippen LogP contribution in [-0.2, 0) is 0 Å². The molecule has 0 aromatic heterocycles. The molecule has 7 heteroatoms. The van der Waals surface area contributed by atoms with E-state index in [-0.39, 0.29) is 28.9 Å². The van der Waals surface area contributed by atoms with Gasteiger partial charge in [-0.25, -0.2) is 0 Å². The average molecular weight is 322 g/mol. The van der Waals surface area contributed by atoms with Gasteiger partial charge in [0.15, 0.2) is 0 Å². The molecule has 0 spiro atoms. The third-order valence-electron chi connectivity index (χ3n) is 0.398. The van der Waals surface area contributed by atoms with E-state index in [1.807, 2.05) is 0 Å². The van der Waals surface area contributed by atoms with Crippen LogP contribution in [0, 0.1) is 0 Å². The first-order valence-corrected chi connectivity index (χ1v) is 3.46. The van der Waals surface area contributed by atoms with Crippen LogP contribution >= 0.6 is 25.3 Å². The quantitative estimate of drug-likeness (QED) is 0.338. The molecule has 0 aromatic rings. The Morgan fingerprint density at radius 2 is 1.83 bits per heavy atom. The Balaban J connectivity index is -0.000000142. The molecular formula is C5H10N2O2S2Te. The summed E-state index contributed by atoms with van der Waals surface area (Å²) in [5.41, 5.74) is 4.34. The van der Waals surface area contributed by atoms with Gasteiger partial charge in [-0.1, -0.05) is 31.3 Å². The molecule has 0 fully saturated rings. The monoisotopic (exact) mass is 324 g/mol. The number of carbonyl (C=O) groups is 2. The Bertz CT molecular complexity index is 150. The molecule has 0 heterocycles. The number of primary amides is 1. The number of carbonyl (C=O) groups excluding carboxylic acids is 2. The second-order valence-corrected chi connectivity index (χ2v) is 2.16. The average Bonchev–Trinajstić information content (AvgIpc) is 1.82. The number of nitrogens with one attached hydrogen (secondary N) is 1. The smallest absolute Gasteiger partial charge is 0.276 e. The van der Waals surface area contributed by atoms with Crippen LogP contribution in [0.5, 0.6) is 0 Å². The Hall–Kier alpha value is 0.170. The number of hydrogen-bond acceptors (Lipinski definition) is 2. The van der Waals surface area contributed by atoms with Gasteiger partial charge in [-0.3, -0.25) is 9.59 Å². The summed E-state index contributed by atoms with van der Waals surface area (Å²) < 4.78 is 0. The third-order valence-corrected chi connectivity index (χ3v) is 0.556. The van der Waals surface area contributed by atoms with Gasteiger partial charge in [0.1, 0.15) is 0 Å². The summed E-state index contributed by atoms with van der Waals surface area (Å²) in [5, 5.41) is 1.44. The molecule has 12 heavy (non-hydrogen) atoms. The molecule has 0 rings (SSSR count). The topological polar surface area (TPSA) is 72.2 Å². The van der Waals surface area contributed by atoms with E-state index in [1.165, 1.54) is 0 Å². The normalized spacial score (nSPS) is 6.50. The van der Waals surface area contributed by atoms with Gasteiger partial charge in [0.2, 0.25) is 0 Å². The van der Waals surface area contributed by atoms with E-state index in [4.69, 9.17) is 4.79 Å². The van der Waals surface area contributed by atoms with Crippen LogP contribution in [0.3, 0.4) is 0 Å². The molecule has 70 valence electrons. The van der Waals surface area contributed by atoms with Crippen molar-refractivity contribution >= 4 is 59.4 Å². The summed E-state index contributed by atoms with van der Waals surface area (Å²) in [6.45, 7) is 3.87. The van der Waals surface area contributed by atoms with Gasteiger partial charge < -0.3 is 11.1 Å². The first-order valence-electron chi connectivity index (χ1n) is 2.56. The molecule has 3 N–H and O–H groups in total. The maximum atomic E-state index is 9.91. The first-order chi connectivity index (χ1) is 5.00. The molecule has 0 saturated heterocycles. The van der Waals surface area contributed by atoms with E-state index in [0.29, 0.717) is 6.54 Å². The Labute approximate surface area is 98.9 Å². The summed E-state index contributed by atoms with van der Waals surface area (Å²) in [5.74, 6) is 0. The molecule has 2 amide bonds. The minimum atomic E-state index is -0.639. The molecule has 0 atom stereocenters. The van der Waals surface area contributed by atoms with Crippen LogP contribution in [0.2, 0.25) is 0 Å². The predicted molar refractivity (Wildman–Crippen MR) is 56.9 cm³/mol. The molecule has 2 radical (unpaired) electrons. The van der Waals surface area contributed by atoms with Crippen molar-refractivity contribution in [3.8, 4) is 0 Å². The van der Waals surface area contributed by atoms with E-state index >= 15 is 0 Å². The van der Waals surface area contributed by atoms with E-state index in [0.717, 1.165) is 0 Å². The molecule has 0 aliphatic rings. The minimum Gasteiger partial charge on any atom is -0.361 e. The molecular weight excluding hydrogens is 312 g/mol. The second kappa shape index (κ2) is 13.7. The van der Waals surface area contributed by atoms with Gasteiger partial charge in [-0.2, -0.15) is 0 Å². The Morgan fingerprint density at radius 3 is 1.92 bits per heavy atom. The van der Waals surface area contributed by atoms with Crippen molar-refractivity contribution in [3.05, 3.63) is 12.7 Å². The zero-order valence-electron chi connectivity index (χ0n) is 6.19. The largest absolute Gasteiger partial charge is 0.361 e. The molecule has 0 bridgehead atoms. The van der Waals surface area contributed by atoms with E-state index in [9.17, 15) is 4.79 Å².